The first-order chi connectivity index (χ1) is 12.8. The average molecular weight is 368 g/mol. The summed E-state index contributed by atoms with van der Waals surface area (Å²) in [6.45, 7) is 0. The van der Waals surface area contributed by atoms with E-state index in [1.54, 1.807) is 0 Å². The van der Waals surface area contributed by atoms with Gasteiger partial charge < -0.3 is 4.42 Å². The highest BCUT2D eigenvalue weighted by atomic mass is 35.5. The molecule has 3 aromatic rings. The molecular weight excluding hydrogens is 346 g/mol. The van der Waals surface area contributed by atoms with E-state index in [0.29, 0.717) is 22.8 Å². The van der Waals surface area contributed by atoms with E-state index in [1.165, 1.54) is 32.1 Å². The lowest BCUT2D eigenvalue weighted by Gasteiger charge is -2.27. The number of nitrogens with zero attached hydrogens (tertiary/aromatic N) is 2. The Morgan fingerprint density at radius 2 is 1.65 bits per heavy atom. The molecule has 1 fully saturated rings. The fourth-order valence-corrected chi connectivity index (χ4v) is 3.77. The fraction of sp³-hybridized carbons (Fsp3) is 0.333. The lowest BCUT2D eigenvalue weighted by molar-refractivity contribution is 0.329. The monoisotopic (exact) mass is 367 g/mol. The molecule has 1 aliphatic carbocycles. The molecule has 0 amide bonds. The maximum atomic E-state index is 6.28. The second kappa shape index (κ2) is 8.02. The van der Waals surface area contributed by atoms with Crippen LogP contribution in [0.3, 0.4) is 0 Å². The van der Waals surface area contributed by atoms with Crippen molar-refractivity contribution in [3.63, 3.8) is 0 Å². The van der Waals surface area contributed by atoms with E-state index in [-0.39, 0.29) is 6.04 Å². The summed E-state index contributed by atoms with van der Waals surface area (Å²) in [5, 5.41) is 12.9. The molecule has 0 bridgehead atoms. The second-order valence-corrected chi connectivity index (χ2v) is 7.18. The van der Waals surface area contributed by atoms with Gasteiger partial charge in [-0.1, -0.05) is 73.3 Å². The number of halogens is 1. The molecule has 26 heavy (non-hydrogen) atoms. The van der Waals surface area contributed by atoms with Crippen molar-refractivity contribution >= 4 is 11.6 Å². The minimum atomic E-state index is -0.108. The van der Waals surface area contributed by atoms with E-state index in [2.05, 4.69) is 27.6 Å². The number of rotatable bonds is 5. The van der Waals surface area contributed by atoms with E-state index in [1.807, 2.05) is 42.5 Å². The zero-order chi connectivity index (χ0) is 17.8. The largest absolute Gasteiger partial charge is 0.419 e. The topological polar surface area (TPSA) is 51.0 Å². The van der Waals surface area contributed by atoms with Crippen LogP contribution in [0.2, 0.25) is 5.02 Å². The Morgan fingerprint density at radius 1 is 0.923 bits per heavy atom. The summed E-state index contributed by atoms with van der Waals surface area (Å²) >= 11 is 6.28. The maximum absolute atomic E-state index is 6.28. The lowest BCUT2D eigenvalue weighted by Crippen LogP contribution is -2.35. The number of benzene rings is 2. The Labute approximate surface area is 158 Å². The summed E-state index contributed by atoms with van der Waals surface area (Å²) < 4.78 is 6.04. The predicted molar refractivity (Wildman–Crippen MR) is 103 cm³/mol. The van der Waals surface area contributed by atoms with Gasteiger partial charge in [-0.15, -0.1) is 10.2 Å². The van der Waals surface area contributed by atoms with Gasteiger partial charge in [-0.3, -0.25) is 5.32 Å². The van der Waals surface area contributed by atoms with Gasteiger partial charge in [0, 0.05) is 6.04 Å². The Bertz CT molecular complexity index is 843. The van der Waals surface area contributed by atoms with Gasteiger partial charge in [-0.2, -0.15) is 0 Å². The Balaban J connectivity index is 1.64. The standard InChI is InChI=1S/C21H22ClN3O/c22-18-14-8-7-13-17(18)20-24-25-21(26-20)19(15-9-3-1-4-10-15)23-16-11-5-2-6-12-16/h1,3-4,7-10,13-14,16,19,23H,2,5-6,11-12H2. The summed E-state index contributed by atoms with van der Waals surface area (Å²) in [4.78, 5) is 0. The van der Waals surface area contributed by atoms with Crippen LogP contribution in [0.15, 0.2) is 59.0 Å². The van der Waals surface area contributed by atoms with Crippen LogP contribution in [0.25, 0.3) is 11.5 Å². The van der Waals surface area contributed by atoms with Crippen molar-refractivity contribution in [2.45, 2.75) is 44.2 Å². The van der Waals surface area contributed by atoms with Crippen LogP contribution >= 0.6 is 11.6 Å². The number of hydrogen-bond acceptors (Lipinski definition) is 4. The zero-order valence-corrected chi connectivity index (χ0v) is 15.3. The molecule has 1 atom stereocenters. The summed E-state index contributed by atoms with van der Waals surface area (Å²) in [5.41, 5.74) is 1.89. The molecule has 1 unspecified atom stereocenters. The van der Waals surface area contributed by atoms with Crippen LogP contribution in [0.4, 0.5) is 0 Å². The first-order valence-corrected chi connectivity index (χ1v) is 9.58. The molecule has 1 saturated carbocycles. The van der Waals surface area contributed by atoms with E-state index in [4.69, 9.17) is 16.0 Å². The first-order valence-electron chi connectivity index (χ1n) is 9.20. The van der Waals surface area contributed by atoms with Crippen molar-refractivity contribution < 1.29 is 4.42 Å². The number of nitrogens with one attached hydrogen (secondary N) is 1. The van der Waals surface area contributed by atoms with Gasteiger partial charge in [0.2, 0.25) is 11.8 Å². The average Bonchev–Trinajstić information content (AvgIpc) is 3.17. The Morgan fingerprint density at radius 3 is 2.42 bits per heavy atom. The highest BCUT2D eigenvalue weighted by Gasteiger charge is 2.25. The van der Waals surface area contributed by atoms with Crippen LogP contribution < -0.4 is 5.32 Å². The molecule has 0 aliphatic heterocycles. The quantitative estimate of drug-likeness (QED) is 0.655. The first kappa shape index (κ1) is 17.3. The zero-order valence-electron chi connectivity index (χ0n) is 14.6. The second-order valence-electron chi connectivity index (χ2n) is 6.77. The van der Waals surface area contributed by atoms with E-state index >= 15 is 0 Å². The van der Waals surface area contributed by atoms with Crippen molar-refractivity contribution in [1.82, 2.24) is 15.5 Å². The van der Waals surface area contributed by atoms with Crippen molar-refractivity contribution in [3.05, 3.63) is 71.1 Å². The van der Waals surface area contributed by atoms with Gasteiger partial charge in [-0.25, -0.2) is 0 Å². The minimum absolute atomic E-state index is 0.108. The number of aromatic nitrogens is 2. The third-order valence-corrected chi connectivity index (χ3v) is 5.26. The van der Waals surface area contributed by atoms with Gasteiger partial charge in [-0.05, 0) is 30.5 Å². The molecule has 134 valence electrons. The van der Waals surface area contributed by atoms with E-state index < -0.39 is 0 Å². The molecule has 1 heterocycles. The van der Waals surface area contributed by atoms with E-state index in [9.17, 15) is 0 Å². The molecule has 0 radical (unpaired) electrons. The van der Waals surface area contributed by atoms with Crippen molar-refractivity contribution in [2.75, 3.05) is 0 Å². The lowest BCUT2D eigenvalue weighted by atomic mass is 9.94. The van der Waals surface area contributed by atoms with Gasteiger partial charge in [0.25, 0.3) is 0 Å². The molecule has 2 aromatic carbocycles. The molecule has 1 aromatic heterocycles. The highest BCUT2D eigenvalue weighted by molar-refractivity contribution is 6.33. The summed E-state index contributed by atoms with van der Waals surface area (Å²) in [6.07, 6.45) is 6.25. The molecule has 0 saturated heterocycles. The van der Waals surface area contributed by atoms with Crippen molar-refractivity contribution in [3.8, 4) is 11.5 Å². The molecule has 4 rings (SSSR count). The highest BCUT2D eigenvalue weighted by Crippen LogP contribution is 2.30. The maximum Gasteiger partial charge on any atom is 0.249 e. The van der Waals surface area contributed by atoms with Gasteiger partial charge in [0.15, 0.2) is 0 Å². The SMILES string of the molecule is Clc1ccccc1-c1nnc(C(NC2CCCCC2)c2ccccc2)o1. The smallest absolute Gasteiger partial charge is 0.249 e. The van der Waals surface area contributed by atoms with Gasteiger partial charge in [0.1, 0.15) is 6.04 Å². The fourth-order valence-electron chi connectivity index (χ4n) is 3.56. The summed E-state index contributed by atoms with van der Waals surface area (Å²) in [7, 11) is 0. The number of hydrogen-bond donors (Lipinski definition) is 1. The third kappa shape index (κ3) is 3.81. The van der Waals surface area contributed by atoms with Gasteiger partial charge >= 0.3 is 0 Å². The Kier molecular flexibility index (Phi) is 5.32. The molecule has 1 N–H and O–H groups in total. The van der Waals surface area contributed by atoms with Crippen LogP contribution in [0, 0.1) is 0 Å². The molecule has 4 nitrogen and oxygen atoms in total. The molecule has 5 heteroatoms. The normalized spacial score (nSPS) is 16.5. The Hall–Kier alpha value is -2.17. The summed E-state index contributed by atoms with van der Waals surface area (Å²) in [5.74, 6) is 1.04. The predicted octanol–water partition coefficient (Wildman–Crippen LogP) is 5.40. The van der Waals surface area contributed by atoms with Crippen LogP contribution in [0.1, 0.15) is 49.6 Å². The van der Waals surface area contributed by atoms with Crippen molar-refractivity contribution in [1.29, 1.82) is 0 Å². The minimum Gasteiger partial charge on any atom is -0.419 e. The van der Waals surface area contributed by atoms with Crippen LogP contribution in [-0.4, -0.2) is 16.2 Å². The summed E-state index contributed by atoms with van der Waals surface area (Å²) in [6, 6.07) is 18.2. The molecule has 0 spiro atoms. The van der Waals surface area contributed by atoms with Crippen LogP contribution in [-0.2, 0) is 0 Å². The molecular formula is C21H22ClN3O. The van der Waals surface area contributed by atoms with Crippen molar-refractivity contribution in [2.24, 2.45) is 0 Å². The molecule has 1 aliphatic rings. The third-order valence-electron chi connectivity index (χ3n) is 4.93. The van der Waals surface area contributed by atoms with Gasteiger partial charge in [0.05, 0.1) is 10.6 Å². The van der Waals surface area contributed by atoms with E-state index in [0.717, 1.165) is 11.1 Å². The van der Waals surface area contributed by atoms with Crippen LogP contribution in [0.5, 0.6) is 0 Å².